The van der Waals surface area contributed by atoms with Gasteiger partial charge in [0.25, 0.3) is 0 Å². The number of allylic oxidation sites excluding steroid dienone is 3. The molecule has 0 fully saturated rings. The molecule has 0 saturated heterocycles. The second-order valence-corrected chi connectivity index (χ2v) is 20.3. The maximum atomic E-state index is 12.5. The molecule has 3 N–H and O–H groups in total. The molecule has 0 aromatic heterocycles. The molecule has 0 spiro atoms. The number of amides is 1. The van der Waals surface area contributed by atoms with Crippen LogP contribution in [0.3, 0.4) is 0 Å². The smallest absolute Gasteiger partial charge is 0.305 e. The van der Waals surface area contributed by atoms with Crippen LogP contribution in [0.1, 0.15) is 322 Å². The minimum absolute atomic E-state index is 0.00000465. The second-order valence-electron chi connectivity index (χ2n) is 20.3. The van der Waals surface area contributed by atoms with Gasteiger partial charge in [-0.3, -0.25) is 9.59 Å². The van der Waals surface area contributed by atoms with E-state index in [2.05, 4.69) is 31.3 Å². The zero-order valence-corrected chi connectivity index (χ0v) is 44.4. The highest BCUT2D eigenvalue weighted by Gasteiger charge is 2.18. The van der Waals surface area contributed by atoms with Gasteiger partial charge in [-0.25, -0.2) is 0 Å². The molecule has 0 aromatic carbocycles. The Kier molecular flexibility index (Phi) is 54.5. The lowest BCUT2D eigenvalue weighted by atomic mass is 10.0. The largest absolute Gasteiger partial charge is 0.466 e. The Morgan fingerprint density at radius 3 is 1.11 bits per heavy atom. The molecule has 0 aromatic rings. The van der Waals surface area contributed by atoms with Gasteiger partial charge in [-0.2, -0.15) is 0 Å². The Balaban J connectivity index is 3.43. The quantitative estimate of drug-likeness (QED) is 0.0321. The molecule has 1 amide bonds. The molecule has 0 aliphatic carbocycles. The monoisotopic (exact) mass is 930 g/mol. The zero-order valence-electron chi connectivity index (χ0n) is 44.4. The molecule has 66 heavy (non-hydrogen) atoms. The van der Waals surface area contributed by atoms with E-state index < -0.39 is 12.1 Å². The molecule has 390 valence electrons. The summed E-state index contributed by atoms with van der Waals surface area (Å²) < 4.78 is 5.46. The van der Waals surface area contributed by atoms with Gasteiger partial charge >= 0.3 is 5.97 Å². The summed E-state index contributed by atoms with van der Waals surface area (Å²) in [6.07, 6.45) is 67.7. The van der Waals surface area contributed by atoms with Crippen LogP contribution in [0, 0.1) is 0 Å². The lowest BCUT2D eigenvalue weighted by Crippen LogP contribution is -2.45. The van der Waals surface area contributed by atoms with Crippen LogP contribution in [0.15, 0.2) is 24.3 Å². The third-order valence-corrected chi connectivity index (χ3v) is 13.7. The minimum atomic E-state index is -0.846. The second kappa shape index (κ2) is 55.9. The number of carbonyl (C=O) groups is 2. The summed E-state index contributed by atoms with van der Waals surface area (Å²) in [5.41, 5.74) is 0. The number of esters is 1. The number of aliphatic hydroxyl groups is 2. The highest BCUT2D eigenvalue weighted by atomic mass is 16.5. The highest BCUT2D eigenvalue weighted by Crippen LogP contribution is 2.17. The molecule has 0 aliphatic rings. The molecule has 0 saturated carbocycles. The van der Waals surface area contributed by atoms with Gasteiger partial charge in [-0.15, -0.1) is 0 Å². The van der Waals surface area contributed by atoms with E-state index in [1.807, 2.05) is 6.08 Å². The van der Waals surface area contributed by atoms with E-state index in [-0.39, 0.29) is 18.5 Å². The number of rotatable bonds is 55. The lowest BCUT2D eigenvalue weighted by Gasteiger charge is -2.20. The van der Waals surface area contributed by atoms with Gasteiger partial charge in [0.1, 0.15) is 0 Å². The maximum Gasteiger partial charge on any atom is 0.305 e. The summed E-state index contributed by atoms with van der Waals surface area (Å²) in [6, 6.07) is -0.629. The molecular formula is C60H115NO5. The number of unbranched alkanes of at least 4 members (excludes halogenated alkanes) is 42. The first-order chi connectivity index (χ1) is 32.5. The van der Waals surface area contributed by atoms with Crippen molar-refractivity contribution in [2.45, 2.75) is 334 Å². The summed E-state index contributed by atoms with van der Waals surface area (Å²) in [5.74, 6) is -0.0680. The summed E-state index contributed by atoms with van der Waals surface area (Å²) in [5, 5.41) is 23.1. The molecule has 2 unspecified atom stereocenters. The number of ether oxygens (including phenoxy) is 1. The topological polar surface area (TPSA) is 95.9 Å². The van der Waals surface area contributed by atoms with Crippen molar-refractivity contribution in [2.75, 3.05) is 13.2 Å². The Hall–Kier alpha value is -1.66. The summed E-state index contributed by atoms with van der Waals surface area (Å²) in [7, 11) is 0. The van der Waals surface area contributed by atoms with Crippen molar-refractivity contribution in [2.24, 2.45) is 0 Å². The van der Waals surface area contributed by atoms with Crippen LogP contribution in [0.5, 0.6) is 0 Å². The third-order valence-electron chi connectivity index (χ3n) is 13.7. The first-order valence-electron chi connectivity index (χ1n) is 29.6. The van der Waals surface area contributed by atoms with Gasteiger partial charge in [0.05, 0.1) is 25.4 Å². The van der Waals surface area contributed by atoms with Gasteiger partial charge < -0.3 is 20.3 Å². The van der Waals surface area contributed by atoms with Crippen LogP contribution >= 0.6 is 0 Å². The first-order valence-corrected chi connectivity index (χ1v) is 29.6. The van der Waals surface area contributed by atoms with E-state index in [0.717, 1.165) is 44.9 Å². The zero-order chi connectivity index (χ0) is 47.9. The molecule has 6 heteroatoms. The van der Waals surface area contributed by atoms with Crippen molar-refractivity contribution < 1.29 is 24.5 Å². The molecule has 0 bridgehead atoms. The Morgan fingerprint density at radius 2 is 0.712 bits per heavy atom. The van der Waals surface area contributed by atoms with Gasteiger partial charge in [0.15, 0.2) is 0 Å². The van der Waals surface area contributed by atoms with Gasteiger partial charge in [-0.05, 0) is 57.8 Å². The highest BCUT2D eigenvalue weighted by molar-refractivity contribution is 5.76. The number of aliphatic hydroxyl groups excluding tert-OH is 2. The predicted octanol–water partition coefficient (Wildman–Crippen LogP) is 18.2. The van der Waals surface area contributed by atoms with Crippen molar-refractivity contribution >= 4 is 11.9 Å². The molecular weight excluding hydrogens is 815 g/mol. The number of hydrogen-bond acceptors (Lipinski definition) is 5. The van der Waals surface area contributed by atoms with Gasteiger partial charge in [0, 0.05) is 12.8 Å². The standard InChI is InChI=1S/C60H115NO5/c1-3-5-7-9-11-13-15-17-18-23-26-29-32-36-40-44-48-52-58(63)57(56-62)61-59(64)53-49-45-41-37-33-30-27-24-21-19-20-22-25-28-31-35-39-43-47-51-55-66-60(65)54-50-46-42-38-34-16-14-12-10-8-6-4-2/h12,14,48,52,57-58,62-63H,3-11,13,15-47,49-51,53-56H2,1-2H3,(H,61,64)/b14-12-,52-48+. The number of nitrogens with one attached hydrogen (secondary N) is 1. The molecule has 6 nitrogen and oxygen atoms in total. The number of hydrogen-bond donors (Lipinski definition) is 3. The van der Waals surface area contributed by atoms with Crippen molar-refractivity contribution in [1.29, 1.82) is 0 Å². The minimum Gasteiger partial charge on any atom is -0.466 e. The van der Waals surface area contributed by atoms with E-state index in [9.17, 15) is 19.8 Å². The summed E-state index contributed by atoms with van der Waals surface area (Å²) in [4.78, 5) is 24.5. The lowest BCUT2D eigenvalue weighted by molar-refractivity contribution is -0.143. The van der Waals surface area contributed by atoms with E-state index in [1.165, 1.54) is 250 Å². The van der Waals surface area contributed by atoms with Crippen LogP contribution in [-0.2, 0) is 14.3 Å². The fraction of sp³-hybridized carbons (Fsp3) is 0.900. The predicted molar refractivity (Wildman–Crippen MR) is 287 cm³/mol. The van der Waals surface area contributed by atoms with Crippen LogP contribution < -0.4 is 5.32 Å². The van der Waals surface area contributed by atoms with E-state index >= 15 is 0 Å². The fourth-order valence-electron chi connectivity index (χ4n) is 9.16. The van der Waals surface area contributed by atoms with Crippen LogP contribution in [0.4, 0.5) is 0 Å². The van der Waals surface area contributed by atoms with E-state index in [4.69, 9.17) is 4.74 Å². The Bertz CT molecular complexity index is 1030. The maximum absolute atomic E-state index is 12.5. The first kappa shape index (κ1) is 64.3. The van der Waals surface area contributed by atoms with E-state index in [0.29, 0.717) is 19.4 Å². The molecule has 0 heterocycles. The summed E-state index contributed by atoms with van der Waals surface area (Å²) in [6.45, 7) is 4.89. The van der Waals surface area contributed by atoms with Crippen LogP contribution in [-0.4, -0.2) is 47.4 Å². The average Bonchev–Trinajstić information content (AvgIpc) is 3.32. The fourth-order valence-corrected chi connectivity index (χ4v) is 9.16. The third kappa shape index (κ3) is 51.7. The van der Waals surface area contributed by atoms with Crippen molar-refractivity contribution in [3.8, 4) is 0 Å². The molecule has 2 atom stereocenters. The van der Waals surface area contributed by atoms with Crippen LogP contribution in [0.2, 0.25) is 0 Å². The normalized spacial score (nSPS) is 12.7. The SMILES string of the molecule is CCCCC/C=C\CCCCCCCC(=O)OCCCCCCCCCCCCCCCCCCCCCCC(=O)NC(CO)C(O)/C=C/CCCCCCCCCCCCCCCCC. The molecule has 0 aliphatic heterocycles. The van der Waals surface area contributed by atoms with Gasteiger partial charge in [-0.1, -0.05) is 276 Å². The average molecular weight is 931 g/mol. The van der Waals surface area contributed by atoms with Gasteiger partial charge in [0.2, 0.25) is 5.91 Å². The molecule has 0 rings (SSSR count). The number of carbonyl (C=O) groups excluding carboxylic acids is 2. The Labute approximate surface area is 411 Å². The van der Waals surface area contributed by atoms with Crippen molar-refractivity contribution in [3.05, 3.63) is 24.3 Å². The molecule has 0 radical (unpaired) electrons. The summed E-state index contributed by atoms with van der Waals surface area (Å²) >= 11 is 0. The Morgan fingerprint density at radius 1 is 0.409 bits per heavy atom. The van der Waals surface area contributed by atoms with E-state index in [1.54, 1.807) is 6.08 Å². The van der Waals surface area contributed by atoms with Crippen molar-refractivity contribution in [3.63, 3.8) is 0 Å². The van der Waals surface area contributed by atoms with Crippen LogP contribution in [0.25, 0.3) is 0 Å². The van der Waals surface area contributed by atoms with Crippen molar-refractivity contribution in [1.82, 2.24) is 5.32 Å².